The van der Waals surface area contributed by atoms with Crippen LogP contribution in [0.3, 0.4) is 0 Å². The zero-order valence-corrected chi connectivity index (χ0v) is 18.5. The van der Waals surface area contributed by atoms with Crippen LogP contribution in [-0.2, 0) is 11.3 Å². The third kappa shape index (κ3) is 11.4. The van der Waals surface area contributed by atoms with E-state index in [0.717, 1.165) is 51.8 Å². The molecule has 25 heavy (non-hydrogen) atoms. The summed E-state index contributed by atoms with van der Waals surface area (Å²) in [6.45, 7) is 11.3. The lowest BCUT2D eigenvalue weighted by atomic mass is 10.2. The quantitative estimate of drug-likeness (QED) is 0.230. The first kappa shape index (κ1) is 24.1. The lowest BCUT2D eigenvalue weighted by Gasteiger charge is -2.24. The number of nitrogens with zero attached hydrogens (tertiary/aromatic N) is 2. The number of halogens is 1. The van der Waals surface area contributed by atoms with Gasteiger partial charge in [-0.15, -0.1) is 24.0 Å². The third-order valence-corrected chi connectivity index (χ3v) is 3.85. The van der Waals surface area contributed by atoms with Gasteiger partial charge in [-0.1, -0.05) is 30.3 Å². The highest BCUT2D eigenvalue weighted by atomic mass is 127. The summed E-state index contributed by atoms with van der Waals surface area (Å²) in [7, 11) is 2.15. The Morgan fingerprint density at radius 1 is 1.20 bits per heavy atom. The molecular formula is C19H35IN4O. The molecule has 1 aromatic rings. The molecule has 1 unspecified atom stereocenters. The van der Waals surface area contributed by atoms with Gasteiger partial charge in [0.15, 0.2) is 5.96 Å². The topological polar surface area (TPSA) is 48.9 Å². The Morgan fingerprint density at radius 3 is 2.56 bits per heavy atom. The molecule has 0 bridgehead atoms. The maximum atomic E-state index is 5.35. The summed E-state index contributed by atoms with van der Waals surface area (Å²) in [4.78, 5) is 7.04. The highest BCUT2D eigenvalue weighted by molar-refractivity contribution is 14.0. The molecule has 0 fully saturated rings. The van der Waals surface area contributed by atoms with Crippen LogP contribution < -0.4 is 10.6 Å². The lowest BCUT2D eigenvalue weighted by Crippen LogP contribution is -2.39. The lowest BCUT2D eigenvalue weighted by molar-refractivity contribution is 0.145. The van der Waals surface area contributed by atoms with Crippen molar-refractivity contribution in [2.75, 3.05) is 39.9 Å². The molecule has 1 aromatic carbocycles. The smallest absolute Gasteiger partial charge is 0.191 e. The van der Waals surface area contributed by atoms with Crippen LogP contribution in [0.5, 0.6) is 0 Å². The van der Waals surface area contributed by atoms with Crippen LogP contribution in [0, 0.1) is 0 Å². The summed E-state index contributed by atoms with van der Waals surface area (Å²) in [6.07, 6.45) is 0.988. The largest absolute Gasteiger partial charge is 0.382 e. The minimum absolute atomic E-state index is 0. The molecule has 0 saturated heterocycles. The maximum Gasteiger partial charge on any atom is 0.191 e. The van der Waals surface area contributed by atoms with E-state index in [1.54, 1.807) is 0 Å². The van der Waals surface area contributed by atoms with Gasteiger partial charge in [0.2, 0.25) is 0 Å². The standard InChI is InChI=1S/C19H34N4O.HI/c1-5-20-19(21-13-10-14-24-6-2)22-15-17(3)23(4)16-18-11-8-7-9-12-18;/h7-9,11-12,17H,5-6,10,13-16H2,1-4H3,(H2,20,21,22);1H. The van der Waals surface area contributed by atoms with Crippen molar-refractivity contribution in [3.8, 4) is 0 Å². The second-order valence-electron chi connectivity index (χ2n) is 5.95. The molecule has 0 aromatic heterocycles. The Bertz CT molecular complexity index is 456. The van der Waals surface area contributed by atoms with Crippen molar-refractivity contribution in [1.82, 2.24) is 15.5 Å². The maximum absolute atomic E-state index is 5.35. The number of ether oxygens (including phenoxy) is 1. The number of likely N-dealkylation sites (N-methyl/N-ethyl adjacent to an activating group) is 1. The van der Waals surface area contributed by atoms with Gasteiger partial charge in [-0.05, 0) is 39.8 Å². The van der Waals surface area contributed by atoms with Crippen molar-refractivity contribution in [2.45, 2.75) is 39.8 Å². The zero-order valence-electron chi connectivity index (χ0n) is 16.1. The zero-order chi connectivity index (χ0) is 17.6. The van der Waals surface area contributed by atoms with Crippen molar-refractivity contribution >= 4 is 29.9 Å². The van der Waals surface area contributed by atoms with Crippen LogP contribution in [0.15, 0.2) is 35.3 Å². The van der Waals surface area contributed by atoms with Crippen LogP contribution in [0.4, 0.5) is 0 Å². The highest BCUT2D eigenvalue weighted by Crippen LogP contribution is 2.06. The van der Waals surface area contributed by atoms with Crippen LogP contribution >= 0.6 is 24.0 Å². The summed E-state index contributed by atoms with van der Waals surface area (Å²) in [5.41, 5.74) is 1.33. The van der Waals surface area contributed by atoms with Crippen LogP contribution in [0.25, 0.3) is 0 Å². The Balaban J connectivity index is 0.00000576. The van der Waals surface area contributed by atoms with E-state index in [9.17, 15) is 0 Å². The van der Waals surface area contributed by atoms with Gasteiger partial charge >= 0.3 is 0 Å². The first-order valence-electron chi connectivity index (χ1n) is 9.01. The molecule has 5 nitrogen and oxygen atoms in total. The summed E-state index contributed by atoms with van der Waals surface area (Å²) < 4.78 is 5.35. The predicted octanol–water partition coefficient (Wildman–Crippen LogP) is 3.11. The Hall–Kier alpha value is -0.860. The van der Waals surface area contributed by atoms with E-state index >= 15 is 0 Å². The monoisotopic (exact) mass is 462 g/mol. The second kappa shape index (κ2) is 15.4. The van der Waals surface area contributed by atoms with Gasteiger partial charge in [-0.25, -0.2) is 0 Å². The molecule has 0 saturated carbocycles. The minimum atomic E-state index is 0. The molecular weight excluding hydrogens is 427 g/mol. The fourth-order valence-electron chi connectivity index (χ4n) is 2.26. The van der Waals surface area contributed by atoms with E-state index < -0.39 is 0 Å². The van der Waals surface area contributed by atoms with Gasteiger partial charge in [0.05, 0.1) is 6.54 Å². The minimum Gasteiger partial charge on any atom is -0.382 e. The fraction of sp³-hybridized carbons (Fsp3) is 0.632. The van der Waals surface area contributed by atoms with Crippen molar-refractivity contribution in [3.63, 3.8) is 0 Å². The Morgan fingerprint density at radius 2 is 1.92 bits per heavy atom. The average molecular weight is 462 g/mol. The van der Waals surface area contributed by atoms with E-state index in [-0.39, 0.29) is 24.0 Å². The first-order valence-corrected chi connectivity index (χ1v) is 9.01. The Labute approximate surface area is 170 Å². The SMILES string of the molecule is CCNC(=NCC(C)N(C)Cc1ccccc1)NCCCOCC.I. The van der Waals surface area contributed by atoms with Crippen molar-refractivity contribution < 1.29 is 4.74 Å². The molecule has 0 amide bonds. The second-order valence-corrected chi connectivity index (χ2v) is 5.95. The molecule has 0 aliphatic rings. The van der Waals surface area contributed by atoms with Crippen molar-refractivity contribution in [1.29, 1.82) is 0 Å². The van der Waals surface area contributed by atoms with E-state index in [0.29, 0.717) is 6.04 Å². The van der Waals surface area contributed by atoms with Crippen LogP contribution in [-0.4, -0.2) is 56.8 Å². The number of benzene rings is 1. The first-order chi connectivity index (χ1) is 11.7. The summed E-state index contributed by atoms with van der Waals surface area (Å²) in [5.74, 6) is 0.883. The molecule has 144 valence electrons. The van der Waals surface area contributed by atoms with Gasteiger partial charge in [0.25, 0.3) is 0 Å². The van der Waals surface area contributed by atoms with E-state index in [4.69, 9.17) is 9.73 Å². The number of hydrogen-bond acceptors (Lipinski definition) is 3. The number of guanidine groups is 1. The summed E-state index contributed by atoms with van der Waals surface area (Å²) in [6, 6.07) is 10.9. The molecule has 0 radical (unpaired) electrons. The summed E-state index contributed by atoms with van der Waals surface area (Å²) >= 11 is 0. The molecule has 6 heteroatoms. The predicted molar refractivity (Wildman–Crippen MR) is 118 cm³/mol. The molecule has 0 aliphatic carbocycles. The fourth-order valence-corrected chi connectivity index (χ4v) is 2.26. The highest BCUT2D eigenvalue weighted by Gasteiger charge is 2.09. The van der Waals surface area contributed by atoms with E-state index in [1.165, 1.54) is 5.56 Å². The van der Waals surface area contributed by atoms with E-state index in [1.807, 2.05) is 6.92 Å². The van der Waals surface area contributed by atoms with Crippen molar-refractivity contribution in [3.05, 3.63) is 35.9 Å². The van der Waals surface area contributed by atoms with Crippen LogP contribution in [0.1, 0.15) is 32.8 Å². The molecule has 0 spiro atoms. The number of rotatable bonds is 11. The number of nitrogens with one attached hydrogen (secondary N) is 2. The number of hydrogen-bond donors (Lipinski definition) is 2. The molecule has 0 heterocycles. The molecule has 0 aliphatic heterocycles. The normalized spacial score (nSPS) is 12.6. The molecule has 1 rings (SSSR count). The van der Waals surface area contributed by atoms with Gasteiger partial charge in [-0.2, -0.15) is 0 Å². The van der Waals surface area contributed by atoms with Crippen molar-refractivity contribution in [2.24, 2.45) is 4.99 Å². The van der Waals surface area contributed by atoms with Crippen LogP contribution in [0.2, 0.25) is 0 Å². The molecule has 2 N–H and O–H groups in total. The van der Waals surface area contributed by atoms with Gasteiger partial charge < -0.3 is 15.4 Å². The van der Waals surface area contributed by atoms with E-state index in [2.05, 4.69) is 66.8 Å². The number of aliphatic imine (C=N–C) groups is 1. The Kier molecular flexibility index (Phi) is 14.9. The van der Waals surface area contributed by atoms with Gasteiger partial charge in [0.1, 0.15) is 0 Å². The summed E-state index contributed by atoms with van der Waals surface area (Å²) in [5, 5.41) is 6.66. The molecule has 1 atom stereocenters. The van der Waals surface area contributed by atoms with Gasteiger partial charge in [0, 0.05) is 38.9 Å². The average Bonchev–Trinajstić information content (AvgIpc) is 2.59. The van der Waals surface area contributed by atoms with Gasteiger partial charge in [-0.3, -0.25) is 9.89 Å². The third-order valence-electron chi connectivity index (χ3n) is 3.85.